The second-order valence-corrected chi connectivity index (χ2v) is 10.5. The molecule has 0 aliphatic carbocycles. The number of hydrogen-bond acceptors (Lipinski definition) is 1. The van der Waals surface area contributed by atoms with Gasteiger partial charge < -0.3 is 4.90 Å². The fourth-order valence-electron chi connectivity index (χ4n) is 3.63. The molecule has 0 saturated carbocycles. The maximum Gasteiger partial charge on any atom is 0.226 e. The summed E-state index contributed by atoms with van der Waals surface area (Å²) in [5, 5.41) is 0. The van der Waals surface area contributed by atoms with Gasteiger partial charge in [0.25, 0.3) is 0 Å². The van der Waals surface area contributed by atoms with Gasteiger partial charge in [-0.1, -0.05) is 61.3 Å². The predicted molar refractivity (Wildman–Crippen MR) is 119 cm³/mol. The Labute approximate surface area is 174 Å². The number of rotatable bonds is 10. The molecular formula is C25H45N2O+. The maximum absolute atomic E-state index is 13.4. The maximum atomic E-state index is 13.4. The zero-order valence-corrected chi connectivity index (χ0v) is 19.8. The van der Waals surface area contributed by atoms with Crippen molar-refractivity contribution in [3.8, 4) is 0 Å². The summed E-state index contributed by atoms with van der Waals surface area (Å²) in [7, 11) is 0. The number of nitrogens with zero attached hydrogens (tertiary/aromatic N) is 2. The normalized spacial score (nSPS) is 13.4. The van der Waals surface area contributed by atoms with Gasteiger partial charge in [-0.3, -0.25) is 4.79 Å². The Morgan fingerprint density at radius 2 is 1.61 bits per heavy atom. The molecule has 1 aromatic rings. The summed E-state index contributed by atoms with van der Waals surface area (Å²) in [6, 6.07) is 4.34. The molecule has 0 spiro atoms. The molecule has 0 aliphatic heterocycles. The Kier molecular flexibility index (Phi) is 9.66. The lowest BCUT2D eigenvalue weighted by Gasteiger charge is -2.37. The Hall–Kier alpha value is -1.38. The second kappa shape index (κ2) is 11.0. The molecule has 1 unspecified atom stereocenters. The third kappa shape index (κ3) is 8.75. The number of carbonyl (C=O) groups excluding carboxylic acids is 1. The average Bonchev–Trinajstić information content (AvgIpc) is 2.60. The van der Waals surface area contributed by atoms with Gasteiger partial charge in [0.1, 0.15) is 6.54 Å². The van der Waals surface area contributed by atoms with Gasteiger partial charge in [-0.25, -0.2) is 4.57 Å². The molecule has 0 fully saturated rings. The number of aryl methyl sites for hydroxylation is 1. The van der Waals surface area contributed by atoms with Gasteiger partial charge in [0.05, 0.1) is 0 Å². The molecule has 28 heavy (non-hydrogen) atoms. The first-order valence-corrected chi connectivity index (χ1v) is 11.2. The molecule has 0 bridgehead atoms. The quantitative estimate of drug-likeness (QED) is 0.355. The molecule has 1 heterocycles. The van der Waals surface area contributed by atoms with Crippen molar-refractivity contribution in [1.82, 2.24) is 4.90 Å². The Morgan fingerprint density at radius 3 is 2.07 bits per heavy atom. The second-order valence-electron chi connectivity index (χ2n) is 10.5. The Balaban J connectivity index is 2.79. The molecule has 3 nitrogen and oxygen atoms in total. The number of pyridine rings is 1. The lowest BCUT2D eigenvalue weighted by atomic mass is 9.71. The molecule has 0 aromatic carbocycles. The van der Waals surface area contributed by atoms with Gasteiger partial charge in [0.2, 0.25) is 5.91 Å². The molecule has 0 N–H and O–H groups in total. The summed E-state index contributed by atoms with van der Waals surface area (Å²) in [5.74, 6) is 0.334. The summed E-state index contributed by atoms with van der Waals surface area (Å²) in [4.78, 5) is 15.4. The van der Waals surface area contributed by atoms with Crippen molar-refractivity contribution in [3.05, 3.63) is 30.1 Å². The van der Waals surface area contributed by atoms with Crippen molar-refractivity contribution in [2.24, 2.45) is 16.7 Å². The van der Waals surface area contributed by atoms with Crippen molar-refractivity contribution in [2.45, 2.75) is 101 Å². The highest BCUT2D eigenvalue weighted by molar-refractivity contribution is 5.79. The Bertz CT molecular complexity index is 578. The minimum Gasteiger partial charge on any atom is -0.338 e. The molecule has 1 amide bonds. The monoisotopic (exact) mass is 389 g/mol. The smallest absolute Gasteiger partial charge is 0.226 e. The van der Waals surface area contributed by atoms with Crippen LogP contribution in [0, 0.1) is 16.7 Å². The standard InChI is InChI=1S/C25H45N2O/c1-9-11-12-13-16-26-17-14-21(15-18-26)20-27(10-2)23(28)22(25(6,7)8)19-24(3,4)5/h14-15,17-18,22H,9-13,16,19-20H2,1-8H3/q+1. The van der Waals surface area contributed by atoms with Crippen LogP contribution in [0.5, 0.6) is 0 Å². The molecule has 1 rings (SSSR count). The Morgan fingerprint density at radius 1 is 1.00 bits per heavy atom. The van der Waals surface area contributed by atoms with E-state index >= 15 is 0 Å². The summed E-state index contributed by atoms with van der Waals surface area (Å²) in [5.41, 5.74) is 1.32. The van der Waals surface area contributed by atoms with E-state index in [-0.39, 0.29) is 16.7 Å². The SMILES string of the molecule is CCCCCC[n+]1ccc(CN(CC)C(=O)C(CC(C)(C)C)C(C)(C)C)cc1. The molecule has 160 valence electrons. The lowest BCUT2D eigenvalue weighted by molar-refractivity contribution is -0.697. The number of hydrogen-bond donors (Lipinski definition) is 0. The molecule has 0 aliphatic rings. The van der Waals surface area contributed by atoms with Gasteiger partial charge in [-0.2, -0.15) is 0 Å². The van der Waals surface area contributed by atoms with E-state index < -0.39 is 0 Å². The van der Waals surface area contributed by atoms with Gasteiger partial charge in [-0.05, 0) is 36.2 Å². The number of carbonyl (C=O) groups is 1. The zero-order chi connectivity index (χ0) is 21.4. The van der Waals surface area contributed by atoms with Crippen LogP contribution < -0.4 is 4.57 Å². The van der Waals surface area contributed by atoms with Crippen LogP contribution in [0.1, 0.15) is 93.1 Å². The average molecular weight is 390 g/mol. The molecule has 3 heteroatoms. The molecule has 0 saturated heterocycles. The van der Waals surface area contributed by atoms with Crippen LogP contribution in [0.3, 0.4) is 0 Å². The van der Waals surface area contributed by atoms with Gasteiger partial charge in [0.15, 0.2) is 12.4 Å². The van der Waals surface area contributed by atoms with Crippen LogP contribution in [-0.2, 0) is 17.9 Å². The topological polar surface area (TPSA) is 24.2 Å². The van der Waals surface area contributed by atoms with E-state index in [1.807, 2.05) is 4.90 Å². The van der Waals surface area contributed by atoms with Crippen LogP contribution >= 0.6 is 0 Å². The largest absolute Gasteiger partial charge is 0.338 e. The van der Waals surface area contributed by atoms with E-state index in [0.29, 0.717) is 12.5 Å². The van der Waals surface area contributed by atoms with Crippen LogP contribution in [-0.4, -0.2) is 17.4 Å². The van der Waals surface area contributed by atoms with E-state index in [2.05, 4.69) is 84.5 Å². The van der Waals surface area contributed by atoms with Crippen molar-refractivity contribution in [2.75, 3.05) is 6.54 Å². The van der Waals surface area contributed by atoms with Crippen molar-refractivity contribution < 1.29 is 9.36 Å². The van der Waals surface area contributed by atoms with E-state index in [9.17, 15) is 4.79 Å². The first kappa shape index (κ1) is 24.7. The third-order valence-electron chi connectivity index (χ3n) is 5.46. The molecule has 1 atom stereocenters. The van der Waals surface area contributed by atoms with Crippen molar-refractivity contribution in [3.63, 3.8) is 0 Å². The fourth-order valence-corrected chi connectivity index (χ4v) is 3.63. The van der Waals surface area contributed by atoms with Crippen LogP contribution in [0.25, 0.3) is 0 Å². The summed E-state index contributed by atoms with van der Waals surface area (Å²) >= 11 is 0. The predicted octanol–water partition coefficient (Wildman–Crippen LogP) is 6.00. The lowest BCUT2D eigenvalue weighted by Crippen LogP contribution is -2.42. The van der Waals surface area contributed by atoms with E-state index in [1.165, 1.54) is 31.2 Å². The van der Waals surface area contributed by atoms with Gasteiger partial charge >= 0.3 is 0 Å². The van der Waals surface area contributed by atoms with Gasteiger partial charge in [0, 0.05) is 37.6 Å². The van der Waals surface area contributed by atoms with Gasteiger partial charge in [-0.15, -0.1) is 0 Å². The third-order valence-corrected chi connectivity index (χ3v) is 5.46. The van der Waals surface area contributed by atoms with Crippen LogP contribution in [0.2, 0.25) is 0 Å². The molecular weight excluding hydrogens is 344 g/mol. The first-order valence-electron chi connectivity index (χ1n) is 11.2. The summed E-state index contributed by atoms with van der Waals surface area (Å²) in [6.07, 6.45) is 10.4. The number of amides is 1. The number of unbranched alkanes of at least 4 members (excludes halogenated alkanes) is 3. The molecule has 0 radical (unpaired) electrons. The minimum atomic E-state index is -0.0318. The summed E-state index contributed by atoms with van der Waals surface area (Å²) in [6.45, 7) is 20.1. The van der Waals surface area contributed by atoms with E-state index in [4.69, 9.17) is 0 Å². The minimum absolute atomic E-state index is 0.0318. The highest BCUT2D eigenvalue weighted by atomic mass is 16.2. The van der Waals surface area contributed by atoms with Crippen molar-refractivity contribution >= 4 is 5.91 Å². The fraction of sp³-hybridized carbons (Fsp3) is 0.760. The van der Waals surface area contributed by atoms with E-state index in [1.54, 1.807) is 0 Å². The van der Waals surface area contributed by atoms with Crippen LogP contribution in [0.4, 0.5) is 0 Å². The highest BCUT2D eigenvalue weighted by Gasteiger charge is 2.36. The van der Waals surface area contributed by atoms with E-state index in [0.717, 1.165) is 19.5 Å². The first-order chi connectivity index (χ1) is 13.0. The molecule has 1 aromatic heterocycles. The van der Waals surface area contributed by atoms with Crippen LogP contribution in [0.15, 0.2) is 24.5 Å². The summed E-state index contributed by atoms with van der Waals surface area (Å²) < 4.78 is 2.26. The van der Waals surface area contributed by atoms with Crippen molar-refractivity contribution in [1.29, 1.82) is 0 Å². The number of aromatic nitrogens is 1. The highest BCUT2D eigenvalue weighted by Crippen LogP contribution is 2.37. The zero-order valence-electron chi connectivity index (χ0n) is 19.8.